The van der Waals surface area contributed by atoms with Crippen LogP contribution in [0.25, 0.3) is 0 Å². The van der Waals surface area contributed by atoms with Crippen LogP contribution in [0.15, 0.2) is 72.9 Å². The Bertz CT molecular complexity index is 1210. The number of carboxylic acid groups (broad SMARTS) is 1. The van der Waals surface area contributed by atoms with E-state index in [-0.39, 0.29) is 49.1 Å². The molecule has 0 N–H and O–H groups in total. The lowest BCUT2D eigenvalue weighted by molar-refractivity contribution is -0.889. The van der Waals surface area contributed by atoms with Gasteiger partial charge in [-0.3, -0.25) is 9.59 Å². The van der Waals surface area contributed by atoms with Crippen LogP contribution in [0.3, 0.4) is 0 Å². The van der Waals surface area contributed by atoms with Crippen LogP contribution in [-0.4, -0.2) is 75.5 Å². The van der Waals surface area contributed by atoms with Crippen molar-refractivity contribution in [3.63, 3.8) is 0 Å². The Morgan fingerprint density at radius 2 is 0.933 bits per heavy atom. The van der Waals surface area contributed by atoms with E-state index < -0.39 is 18.1 Å². The summed E-state index contributed by atoms with van der Waals surface area (Å²) in [4.78, 5) is 36.9. The maximum absolute atomic E-state index is 12.7. The standard InChI is InChI=1S/C52H89NO7/c1-6-8-10-12-14-16-18-20-22-24-25-26-27-29-31-33-35-37-39-41-43-51(55)60-48(46-58-45-44-49(52(56)57)53(3,4)5)47-59-50(54)42-40-38-36-34-32-30-28-23-21-19-17-15-13-11-9-7-2/h8,10,14,16,20,22,25-26,29,31,35,37,48-49H,6-7,9,11-13,15,17-19,21,23-24,27-28,30,32-34,36,38-47H2,1-5H3/b10-8+,16-14+,22-20+,26-25+,31-29+,37-35+. The van der Waals surface area contributed by atoms with Gasteiger partial charge in [0, 0.05) is 19.3 Å². The smallest absolute Gasteiger partial charge is 0.306 e. The van der Waals surface area contributed by atoms with E-state index in [1.54, 1.807) is 21.1 Å². The number of allylic oxidation sites excluding steroid dienone is 12. The number of ether oxygens (including phenoxy) is 3. The lowest BCUT2D eigenvalue weighted by Crippen LogP contribution is -2.55. The van der Waals surface area contributed by atoms with Crippen LogP contribution in [-0.2, 0) is 28.6 Å². The third-order valence-corrected chi connectivity index (χ3v) is 10.4. The van der Waals surface area contributed by atoms with Gasteiger partial charge in [-0.1, -0.05) is 183 Å². The number of hydrogen-bond donors (Lipinski definition) is 0. The van der Waals surface area contributed by atoms with E-state index >= 15 is 0 Å². The number of carbonyl (C=O) groups excluding carboxylic acids is 3. The van der Waals surface area contributed by atoms with Gasteiger partial charge in [-0.05, 0) is 57.8 Å². The molecule has 0 aromatic carbocycles. The normalized spacial score (nSPS) is 13.6. The number of nitrogens with zero attached hydrogens (tertiary/aromatic N) is 1. The van der Waals surface area contributed by atoms with Crippen LogP contribution in [0.1, 0.15) is 187 Å². The zero-order chi connectivity index (χ0) is 44.2. The summed E-state index contributed by atoms with van der Waals surface area (Å²) in [5.41, 5.74) is 0. The predicted molar refractivity (Wildman–Crippen MR) is 249 cm³/mol. The fourth-order valence-electron chi connectivity index (χ4n) is 6.67. The van der Waals surface area contributed by atoms with Gasteiger partial charge in [-0.25, -0.2) is 0 Å². The Kier molecular flexibility index (Phi) is 40.2. The first-order valence-corrected chi connectivity index (χ1v) is 24.0. The molecule has 0 aromatic heterocycles. The van der Waals surface area contributed by atoms with Crippen LogP contribution >= 0.6 is 0 Å². The molecule has 8 heteroatoms. The average Bonchev–Trinajstić information content (AvgIpc) is 3.21. The summed E-state index contributed by atoms with van der Waals surface area (Å²) in [6, 6.07) is -0.738. The molecule has 0 heterocycles. The van der Waals surface area contributed by atoms with E-state index in [2.05, 4.69) is 86.8 Å². The molecule has 0 radical (unpaired) electrons. The zero-order valence-electron chi connectivity index (χ0n) is 39.1. The monoisotopic (exact) mass is 840 g/mol. The lowest BCUT2D eigenvalue weighted by Gasteiger charge is -2.34. The van der Waals surface area contributed by atoms with Crippen LogP contribution in [0.2, 0.25) is 0 Å². The molecule has 0 aliphatic rings. The summed E-state index contributed by atoms with van der Waals surface area (Å²) in [7, 11) is 5.39. The quantitative estimate of drug-likeness (QED) is 0.0261. The van der Waals surface area contributed by atoms with Crippen molar-refractivity contribution in [1.29, 1.82) is 0 Å². The second-order valence-corrected chi connectivity index (χ2v) is 17.0. The van der Waals surface area contributed by atoms with Gasteiger partial charge in [-0.15, -0.1) is 0 Å². The number of unbranched alkanes of at least 4 members (excludes halogenated alkanes) is 16. The van der Waals surface area contributed by atoms with Crippen molar-refractivity contribution in [2.45, 2.75) is 199 Å². The fraction of sp³-hybridized carbons (Fsp3) is 0.712. The number of carboxylic acids is 1. The molecule has 0 bridgehead atoms. The third kappa shape index (κ3) is 40.2. The number of aliphatic carboxylic acids is 1. The van der Waals surface area contributed by atoms with E-state index in [0.717, 1.165) is 64.2 Å². The number of quaternary nitrogens is 1. The molecule has 0 spiro atoms. The van der Waals surface area contributed by atoms with Gasteiger partial charge in [0.05, 0.1) is 40.3 Å². The van der Waals surface area contributed by atoms with Crippen LogP contribution in [0, 0.1) is 0 Å². The first kappa shape index (κ1) is 56.8. The molecule has 2 atom stereocenters. The largest absolute Gasteiger partial charge is 0.544 e. The first-order chi connectivity index (χ1) is 29.1. The minimum atomic E-state index is -1.14. The topological polar surface area (TPSA) is 102 Å². The van der Waals surface area contributed by atoms with E-state index in [1.165, 1.54) is 83.5 Å². The third-order valence-electron chi connectivity index (χ3n) is 10.4. The Balaban J connectivity index is 4.41. The maximum atomic E-state index is 12.7. The van der Waals surface area contributed by atoms with Gasteiger partial charge in [0.25, 0.3) is 0 Å². The highest BCUT2D eigenvalue weighted by Crippen LogP contribution is 2.15. The number of esters is 2. The van der Waals surface area contributed by atoms with Crippen molar-refractivity contribution in [2.24, 2.45) is 0 Å². The number of rotatable bonds is 42. The summed E-state index contributed by atoms with van der Waals surface area (Å²) >= 11 is 0. The molecule has 0 aliphatic heterocycles. The van der Waals surface area contributed by atoms with Crippen LogP contribution < -0.4 is 5.11 Å². The molecule has 344 valence electrons. The number of likely N-dealkylation sites (N-methyl/N-ethyl adjacent to an activating group) is 1. The summed E-state index contributed by atoms with van der Waals surface area (Å²) in [5, 5.41) is 11.6. The van der Waals surface area contributed by atoms with E-state index in [0.29, 0.717) is 12.8 Å². The van der Waals surface area contributed by atoms with Crippen LogP contribution in [0.5, 0.6) is 0 Å². The summed E-state index contributed by atoms with van der Waals surface area (Å²) < 4.78 is 17.1. The number of hydrogen-bond acceptors (Lipinski definition) is 7. The van der Waals surface area contributed by atoms with Gasteiger partial charge in [0.2, 0.25) is 0 Å². The molecular formula is C52H89NO7. The molecule has 0 amide bonds. The van der Waals surface area contributed by atoms with E-state index in [1.807, 2.05) is 0 Å². The highest BCUT2D eigenvalue weighted by Gasteiger charge is 2.25. The van der Waals surface area contributed by atoms with Gasteiger partial charge >= 0.3 is 11.9 Å². The highest BCUT2D eigenvalue weighted by atomic mass is 16.6. The minimum Gasteiger partial charge on any atom is -0.544 e. The number of carbonyl (C=O) groups is 3. The second kappa shape index (κ2) is 42.5. The molecule has 8 nitrogen and oxygen atoms in total. The zero-order valence-corrected chi connectivity index (χ0v) is 39.1. The Labute approximate surface area is 368 Å². The molecule has 0 saturated carbocycles. The van der Waals surface area contributed by atoms with Crippen molar-refractivity contribution in [3.05, 3.63) is 72.9 Å². The molecule has 2 unspecified atom stereocenters. The van der Waals surface area contributed by atoms with Crippen molar-refractivity contribution in [3.8, 4) is 0 Å². The highest BCUT2D eigenvalue weighted by molar-refractivity contribution is 5.70. The van der Waals surface area contributed by atoms with Crippen molar-refractivity contribution < 1.29 is 38.2 Å². The molecule has 0 fully saturated rings. The fourth-order valence-corrected chi connectivity index (χ4v) is 6.67. The Morgan fingerprint density at radius 3 is 1.37 bits per heavy atom. The predicted octanol–water partition coefficient (Wildman–Crippen LogP) is 12.2. The van der Waals surface area contributed by atoms with E-state index in [9.17, 15) is 19.5 Å². The van der Waals surface area contributed by atoms with Crippen molar-refractivity contribution in [1.82, 2.24) is 0 Å². The van der Waals surface area contributed by atoms with Crippen LogP contribution in [0.4, 0.5) is 0 Å². The second-order valence-electron chi connectivity index (χ2n) is 17.0. The Hall–Kier alpha value is -3.23. The molecule has 0 saturated heterocycles. The average molecular weight is 840 g/mol. The van der Waals surface area contributed by atoms with Gasteiger partial charge in [-0.2, -0.15) is 0 Å². The first-order valence-electron chi connectivity index (χ1n) is 24.0. The summed E-state index contributed by atoms with van der Waals surface area (Å²) in [6.07, 6.45) is 53.6. The van der Waals surface area contributed by atoms with Gasteiger partial charge < -0.3 is 28.6 Å². The van der Waals surface area contributed by atoms with E-state index in [4.69, 9.17) is 14.2 Å². The molecule has 0 aromatic rings. The Morgan fingerprint density at radius 1 is 0.517 bits per heavy atom. The maximum Gasteiger partial charge on any atom is 0.306 e. The molecule has 60 heavy (non-hydrogen) atoms. The SMILES string of the molecule is CC/C=C/C/C=C/C/C=C/C/C=C/C/C=C/C/C=C/CCCC(=O)OC(COCCC(C(=O)[O-])[N+](C)(C)C)COC(=O)CCCCCCCCCCCCCCCCCC. The lowest BCUT2D eigenvalue weighted by atomic mass is 10.0. The van der Waals surface area contributed by atoms with Crippen molar-refractivity contribution in [2.75, 3.05) is 41.0 Å². The summed E-state index contributed by atoms with van der Waals surface area (Å²) in [5.74, 6) is -1.81. The molecular weight excluding hydrogens is 751 g/mol. The summed E-state index contributed by atoms with van der Waals surface area (Å²) in [6.45, 7) is 4.49. The van der Waals surface area contributed by atoms with Gasteiger partial charge in [0.1, 0.15) is 12.6 Å². The molecule has 0 rings (SSSR count). The van der Waals surface area contributed by atoms with Crippen molar-refractivity contribution >= 4 is 17.9 Å². The van der Waals surface area contributed by atoms with Gasteiger partial charge in [0.15, 0.2) is 6.10 Å². The minimum absolute atomic E-state index is 0.0160. The molecule has 0 aliphatic carbocycles.